The van der Waals surface area contributed by atoms with Gasteiger partial charge < -0.3 is 14.1 Å². The van der Waals surface area contributed by atoms with Crippen LogP contribution in [0.1, 0.15) is 65.1 Å². The molecule has 2 aromatic rings. The van der Waals surface area contributed by atoms with E-state index in [0.717, 1.165) is 29.7 Å². The zero-order valence-corrected chi connectivity index (χ0v) is 18.2. The maximum atomic E-state index is 13.4. The molecule has 1 aromatic heterocycles. The van der Waals surface area contributed by atoms with Gasteiger partial charge in [0.2, 0.25) is 0 Å². The Hall–Kier alpha value is -2.63. The molecule has 3 rings (SSSR count). The molecule has 0 radical (unpaired) electrons. The van der Waals surface area contributed by atoms with Crippen LogP contribution in [0, 0.1) is 32.5 Å². The van der Waals surface area contributed by atoms with Crippen LogP contribution in [-0.4, -0.2) is 36.5 Å². The maximum absolute atomic E-state index is 13.4. The van der Waals surface area contributed by atoms with E-state index in [-0.39, 0.29) is 36.0 Å². The summed E-state index contributed by atoms with van der Waals surface area (Å²) in [6, 6.07) is 6.35. The van der Waals surface area contributed by atoms with Gasteiger partial charge in [0.25, 0.3) is 5.91 Å². The molecule has 2 heterocycles. The van der Waals surface area contributed by atoms with Crippen molar-refractivity contribution in [1.82, 2.24) is 4.90 Å². The van der Waals surface area contributed by atoms with Crippen molar-refractivity contribution in [2.24, 2.45) is 5.92 Å². The number of amides is 1. The second-order valence-electron chi connectivity index (χ2n) is 8.01. The monoisotopic (exact) mass is 415 g/mol. The topological polar surface area (TPSA) is 59.8 Å². The highest BCUT2D eigenvalue weighted by atomic mass is 19.1. The third-order valence-corrected chi connectivity index (χ3v) is 6.16. The Morgan fingerprint density at radius 1 is 1.13 bits per heavy atom. The lowest BCUT2D eigenvalue weighted by atomic mass is 9.78. The third-order valence-electron chi connectivity index (χ3n) is 6.16. The number of ether oxygens (including phenoxy) is 1. The summed E-state index contributed by atoms with van der Waals surface area (Å²) in [5.41, 5.74) is 2.49. The minimum atomic E-state index is -0.296. The average Bonchev–Trinajstić information content (AvgIpc) is 2.98. The van der Waals surface area contributed by atoms with E-state index in [1.807, 2.05) is 25.7 Å². The van der Waals surface area contributed by atoms with E-state index in [1.165, 1.54) is 12.1 Å². The fraction of sp³-hybridized carbons (Fsp3) is 0.500. The smallest absolute Gasteiger partial charge is 0.306 e. The maximum Gasteiger partial charge on any atom is 0.306 e. The van der Waals surface area contributed by atoms with Crippen molar-refractivity contribution in [2.45, 2.75) is 52.9 Å². The molecule has 5 nitrogen and oxygen atoms in total. The standard InChI is InChI=1S/C24H30FNO4/c1-5-29-22(27)14-21(18-6-8-20(25)9-7-18)19-10-12-26(13-11-19)24(28)23-15(2)16(3)30-17(23)4/h6-9,19,21H,5,10-14H2,1-4H3. The molecule has 1 saturated heterocycles. The Bertz CT molecular complexity index is 895. The van der Waals surface area contributed by atoms with Crippen LogP contribution in [0.4, 0.5) is 4.39 Å². The van der Waals surface area contributed by atoms with E-state index in [4.69, 9.17) is 9.15 Å². The molecule has 1 aliphatic rings. The van der Waals surface area contributed by atoms with Crippen molar-refractivity contribution >= 4 is 11.9 Å². The molecule has 0 saturated carbocycles. The molecule has 0 aliphatic carbocycles. The third kappa shape index (κ3) is 4.74. The number of piperidine rings is 1. The van der Waals surface area contributed by atoms with Gasteiger partial charge in [-0.15, -0.1) is 0 Å². The lowest BCUT2D eigenvalue weighted by molar-refractivity contribution is -0.144. The van der Waals surface area contributed by atoms with E-state index in [1.54, 1.807) is 19.1 Å². The van der Waals surface area contributed by atoms with Crippen molar-refractivity contribution in [2.75, 3.05) is 19.7 Å². The first-order valence-electron chi connectivity index (χ1n) is 10.6. The zero-order valence-electron chi connectivity index (χ0n) is 18.2. The predicted octanol–water partition coefficient (Wildman–Crippen LogP) is 4.93. The fourth-order valence-electron chi connectivity index (χ4n) is 4.44. The van der Waals surface area contributed by atoms with E-state index >= 15 is 0 Å². The summed E-state index contributed by atoms with van der Waals surface area (Å²) in [6.07, 6.45) is 1.82. The van der Waals surface area contributed by atoms with Gasteiger partial charge in [-0.1, -0.05) is 12.1 Å². The number of hydrogen-bond acceptors (Lipinski definition) is 4. The van der Waals surface area contributed by atoms with Gasteiger partial charge in [-0.2, -0.15) is 0 Å². The van der Waals surface area contributed by atoms with Crippen molar-refractivity contribution in [3.63, 3.8) is 0 Å². The molecule has 30 heavy (non-hydrogen) atoms. The molecule has 162 valence electrons. The Morgan fingerprint density at radius 2 is 1.77 bits per heavy atom. The second-order valence-corrected chi connectivity index (χ2v) is 8.01. The number of carbonyl (C=O) groups excluding carboxylic acids is 2. The van der Waals surface area contributed by atoms with Gasteiger partial charge in [0.05, 0.1) is 18.6 Å². The first-order valence-corrected chi connectivity index (χ1v) is 10.6. The van der Waals surface area contributed by atoms with Crippen LogP contribution in [0.15, 0.2) is 28.7 Å². The molecule has 1 aliphatic heterocycles. The SMILES string of the molecule is CCOC(=O)CC(c1ccc(F)cc1)C1CCN(C(=O)c2c(C)oc(C)c2C)CC1. The molecule has 6 heteroatoms. The van der Waals surface area contributed by atoms with Gasteiger partial charge in [-0.05, 0) is 70.1 Å². The molecule has 1 fully saturated rings. The summed E-state index contributed by atoms with van der Waals surface area (Å²) in [6.45, 7) is 8.97. The van der Waals surface area contributed by atoms with Crippen molar-refractivity contribution < 1.29 is 23.1 Å². The van der Waals surface area contributed by atoms with Gasteiger partial charge in [0.15, 0.2) is 0 Å². The van der Waals surface area contributed by atoms with Crippen LogP contribution in [-0.2, 0) is 9.53 Å². The van der Waals surface area contributed by atoms with Crippen molar-refractivity contribution in [3.8, 4) is 0 Å². The number of nitrogens with zero attached hydrogens (tertiary/aromatic N) is 1. The number of benzene rings is 1. The largest absolute Gasteiger partial charge is 0.466 e. The number of aryl methyl sites for hydroxylation is 2. The van der Waals surface area contributed by atoms with Crippen LogP contribution in [0.2, 0.25) is 0 Å². The number of esters is 1. The molecule has 0 spiro atoms. The number of likely N-dealkylation sites (tertiary alicyclic amines) is 1. The Labute approximate surface area is 177 Å². The molecular weight excluding hydrogens is 385 g/mol. The highest BCUT2D eigenvalue weighted by Crippen LogP contribution is 2.36. The number of hydrogen-bond donors (Lipinski definition) is 0. The van der Waals surface area contributed by atoms with Gasteiger partial charge in [-0.25, -0.2) is 4.39 Å². The second kappa shape index (κ2) is 9.45. The van der Waals surface area contributed by atoms with Gasteiger partial charge in [0, 0.05) is 18.7 Å². The summed E-state index contributed by atoms with van der Waals surface area (Å²) < 4.78 is 24.2. The highest BCUT2D eigenvalue weighted by Gasteiger charge is 2.33. The van der Waals surface area contributed by atoms with E-state index in [2.05, 4.69) is 0 Å². The predicted molar refractivity (Wildman–Crippen MR) is 112 cm³/mol. The van der Waals surface area contributed by atoms with Gasteiger partial charge in [0.1, 0.15) is 17.3 Å². The van der Waals surface area contributed by atoms with Crippen LogP contribution >= 0.6 is 0 Å². The summed E-state index contributed by atoms with van der Waals surface area (Å²) in [5.74, 6) is 1.06. The van der Waals surface area contributed by atoms with Crippen molar-refractivity contribution in [1.29, 1.82) is 0 Å². The quantitative estimate of drug-likeness (QED) is 0.628. The van der Waals surface area contributed by atoms with Gasteiger partial charge >= 0.3 is 5.97 Å². The summed E-state index contributed by atoms with van der Waals surface area (Å²) in [5, 5.41) is 0. The number of halogens is 1. The summed E-state index contributed by atoms with van der Waals surface area (Å²) in [4.78, 5) is 27.1. The van der Waals surface area contributed by atoms with E-state index in [0.29, 0.717) is 31.0 Å². The number of rotatable bonds is 6. The lowest BCUT2D eigenvalue weighted by Crippen LogP contribution is -2.40. The normalized spacial score (nSPS) is 15.8. The molecular formula is C24H30FNO4. The summed E-state index contributed by atoms with van der Waals surface area (Å²) >= 11 is 0. The molecule has 0 N–H and O–H groups in total. The number of carbonyl (C=O) groups is 2. The fourth-order valence-corrected chi connectivity index (χ4v) is 4.44. The van der Waals surface area contributed by atoms with Crippen LogP contribution in [0.5, 0.6) is 0 Å². The molecule has 0 bridgehead atoms. The van der Waals surface area contributed by atoms with Crippen molar-refractivity contribution in [3.05, 3.63) is 58.3 Å². The Balaban J connectivity index is 1.72. The lowest BCUT2D eigenvalue weighted by Gasteiger charge is -2.36. The minimum absolute atomic E-state index is 0.00373. The molecule has 1 aromatic carbocycles. The van der Waals surface area contributed by atoms with Crippen LogP contribution in [0.3, 0.4) is 0 Å². The zero-order chi connectivity index (χ0) is 21.8. The molecule has 1 amide bonds. The van der Waals surface area contributed by atoms with E-state index < -0.39 is 0 Å². The minimum Gasteiger partial charge on any atom is -0.466 e. The Kier molecular flexibility index (Phi) is 6.95. The van der Waals surface area contributed by atoms with Crippen LogP contribution in [0.25, 0.3) is 0 Å². The molecule has 1 unspecified atom stereocenters. The van der Waals surface area contributed by atoms with Crippen LogP contribution < -0.4 is 0 Å². The van der Waals surface area contributed by atoms with E-state index in [9.17, 15) is 14.0 Å². The first kappa shape index (κ1) is 22.1. The summed E-state index contributed by atoms with van der Waals surface area (Å²) in [7, 11) is 0. The highest BCUT2D eigenvalue weighted by molar-refractivity contribution is 5.97. The first-order chi connectivity index (χ1) is 14.3. The Morgan fingerprint density at radius 3 is 2.30 bits per heavy atom. The molecule has 1 atom stereocenters. The average molecular weight is 416 g/mol. The van der Waals surface area contributed by atoms with Gasteiger partial charge in [-0.3, -0.25) is 9.59 Å². The number of furan rings is 1.